The lowest BCUT2D eigenvalue weighted by Gasteiger charge is -2.37. The van der Waals surface area contributed by atoms with Crippen LogP contribution in [0.3, 0.4) is 0 Å². The number of hydrogen-bond acceptors (Lipinski definition) is 2. The summed E-state index contributed by atoms with van der Waals surface area (Å²) in [5, 5.41) is 2.46. The Kier molecular flexibility index (Phi) is 4.02. The minimum Gasteiger partial charge on any atom is -0.321 e. The van der Waals surface area contributed by atoms with Crippen LogP contribution in [0.15, 0.2) is 0 Å². The summed E-state index contributed by atoms with van der Waals surface area (Å²) in [4.78, 5) is 25.1. The van der Waals surface area contributed by atoms with Crippen LogP contribution >= 0.6 is 0 Å². The van der Waals surface area contributed by atoms with Gasteiger partial charge in [-0.15, -0.1) is 0 Å². The van der Waals surface area contributed by atoms with Gasteiger partial charge in [0.05, 0.1) is 5.92 Å². The highest BCUT2D eigenvalue weighted by atomic mass is 16.2. The summed E-state index contributed by atoms with van der Waals surface area (Å²) in [5.74, 6) is -0.199. The molecule has 1 saturated carbocycles. The predicted octanol–water partition coefficient (Wildman–Crippen LogP) is 2.29. The van der Waals surface area contributed by atoms with Crippen LogP contribution in [-0.4, -0.2) is 29.4 Å². The van der Waals surface area contributed by atoms with E-state index in [0.717, 1.165) is 12.8 Å². The number of hydrogen-bond donors (Lipinski definition) is 1. The molecule has 0 aromatic carbocycles. The van der Waals surface area contributed by atoms with E-state index in [2.05, 4.69) is 5.32 Å². The second-order valence-corrected chi connectivity index (χ2v) is 5.35. The van der Waals surface area contributed by atoms with Crippen molar-refractivity contribution in [2.24, 2.45) is 5.92 Å². The second kappa shape index (κ2) is 5.52. The van der Waals surface area contributed by atoms with Gasteiger partial charge < -0.3 is 4.90 Å². The third-order valence-electron chi connectivity index (χ3n) is 3.92. The maximum absolute atomic E-state index is 11.8. The first-order chi connectivity index (χ1) is 8.18. The largest absolute Gasteiger partial charge is 0.324 e. The maximum Gasteiger partial charge on any atom is 0.324 e. The van der Waals surface area contributed by atoms with Gasteiger partial charge in [0.2, 0.25) is 5.91 Å². The summed E-state index contributed by atoms with van der Waals surface area (Å²) in [6.07, 6.45) is 8.48. The molecule has 0 aromatic heterocycles. The zero-order chi connectivity index (χ0) is 12.3. The lowest BCUT2D eigenvalue weighted by Crippen LogP contribution is -2.57. The molecule has 1 N–H and O–H groups in total. The van der Waals surface area contributed by atoms with Gasteiger partial charge >= 0.3 is 6.03 Å². The van der Waals surface area contributed by atoms with Gasteiger partial charge in [0, 0.05) is 12.6 Å². The Balaban J connectivity index is 1.98. The highest BCUT2D eigenvalue weighted by Gasteiger charge is 2.33. The van der Waals surface area contributed by atoms with Gasteiger partial charge in [0.25, 0.3) is 0 Å². The summed E-state index contributed by atoms with van der Waals surface area (Å²) in [5.41, 5.74) is 0. The standard InChI is InChI=1S/C13H22N2O2/c1-10-9-15(13(17)14-12(10)16)11-7-5-3-2-4-6-8-11/h10-11H,2-9H2,1H3,(H,14,16,17). The number of amides is 3. The van der Waals surface area contributed by atoms with Crippen LogP contribution in [0.2, 0.25) is 0 Å². The summed E-state index contributed by atoms with van der Waals surface area (Å²) in [6.45, 7) is 2.48. The molecule has 2 aliphatic rings. The van der Waals surface area contributed by atoms with E-state index < -0.39 is 0 Å². The Morgan fingerprint density at radius 1 is 1.06 bits per heavy atom. The fourth-order valence-corrected chi connectivity index (χ4v) is 2.82. The van der Waals surface area contributed by atoms with Crippen LogP contribution in [0.5, 0.6) is 0 Å². The molecule has 3 amide bonds. The van der Waals surface area contributed by atoms with E-state index in [4.69, 9.17) is 0 Å². The first-order valence-corrected chi connectivity index (χ1v) is 6.80. The number of rotatable bonds is 1. The molecule has 1 aliphatic heterocycles. The van der Waals surface area contributed by atoms with E-state index in [1.165, 1.54) is 32.1 Å². The molecule has 0 aromatic rings. The molecule has 17 heavy (non-hydrogen) atoms. The smallest absolute Gasteiger partial charge is 0.321 e. The van der Waals surface area contributed by atoms with Crippen LogP contribution in [0.1, 0.15) is 51.9 Å². The Morgan fingerprint density at radius 3 is 2.29 bits per heavy atom. The summed E-state index contributed by atoms with van der Waals surface area (Å²) < 4.78 is 0. The summed E-state index contributed by atoms with van der Waals surface area (Å²) in [7, 11) is 0. The topological polar surface area (TPSA) is 49.4 Å². The van der Waals surface area contributed by atoms with Crippen molar-refractivity contribution in [1.82, 2.24) is 10.2 Å². The molecule has 2 fully saturated rings. The first-order valence-electron chi connectivity index (χ1n) is 6.80. The molecule has 0 spiro atoms. The number of carbonyl (C=O) groups excluding carboxylic acids is 2. The monoisotopic (exact) mass is 238 g/mol. The Hall–Kier alpha value is -1.06. The zero-order valence-electron chi connectivity index (χ0n) is 10.6. The van der Waals surface area contributed by atoms with Crippen molar-refractivity contribution in [2.45, 2.75) is 57.9 Å². The van der Waals surface area contributed by atoms with Crippen LogP contribution in [-0.2, 0) is 4.79 Å². The highest BCUT2D eigenvalue weighted by molar-refractivity contribution is 5.97. The third-order valence-corrected chi connectivity index (χ3v) is 3.92. The van der Waals surface area contributed by atoms with E-state index in [9.17, 15) is 9.59 Å². The van der Waals surface area contributed by atoms with E-state index >= 15 is 0 Å². The fourth-order valence-electron chi connectivity index (χ4n) is 2.82. The van der Waals surface area contributed by atoms with E-state index in [0.29, 0.717) is 12.6 Å². The van der Waals surface area contributed by atoms with Gasteiger partial charge in [-0.05, 0) is 12.8 Å². The van der Waals surface area contributed by atoms with Crippen molar-refractivity contribution in [3.05, 3.63) is 0 Å². The Bertz CT molecular complexity index is 296. The summed E-state index contributed by atoms with van der Waals surface area (Å²) >= 11 is 0. The van der Waals surface area contributed by atoms with Gasteiger partial charge in [0.1, 0.15) is 0 Å². The molecule has 96 valence electrons. The number of urea groups is 1. The van der Waals surface area contributed by atoms with E-state index in [1.807, 2.05) is 11.8 Å². The van der Waals surface area contributed by atoms with Crippen molar-refractivity contribution in [1.29, 1.82) is 0 Å². The Labute approximate surface area is 103 Å². The molecule has 1 aliphatic carbocycles. The van der Waals surface area contributed by atoms with Crippen molar-refractivity contribution in [3.63, 3.8) is 0 Å². The fraction of sp³-hybridized carbons (Fsp3) is 0.846. The lowest BCUT2D eigenvalue weighted by atomic mass is 9.94. The lowest BCUT2D eigenvalue weighted by molar-refractivity contribution is -0.125. The van der Waals surface area contributed by atoms with Crippen LogP contribution < -0.4 is 5.32 Å². The van der Waals surface area contributed by atoms with Crippen molar-refractivity contribution in [2.75, 3.05) is 6.54 Å². The molecule has 1 heterocycles. The van der Waals surface area contributed by atoms with Crippen molar-refractivity contribution >= 4 is 11.9 Å². The molecule has 0 bridgehead atoms. The van der Waals surface area contributed by atoms with Crippen LogP contribution in [0.25, 0.3) is 0 Å². The molecular formula is C13H22N2O2. The Morgan fingerprint density at radius 2 is 1.65 bits per heavy atom. The molecule has 1 saturated heterocycles. The zero-order valence-corrected chi connectivity index (χ0v) is 10.6. The van der Waals surface area contributed by atoms with Gasteiger partial charge in [-0.3, -0.25) is 10.1 Å². The third kappa shape index (κ3) is 2.99. The quantitative estimate of drug-likeness (QED) is 0.762. The normalized spacial score (nSPS) is 28.5. The number of carbonyl (C=O) groups is 2. The van der Waals surface area contributed by atoms with Gasteiger partial charge in [-0.25, -0.2) is 4.79 Å². The predicted molar refractivity (Wildman–Crippen MR) is 65.5 cm³/mol. The molecular weight excluding hydrogens is 216 g/mol. The molecule has 0 radical (unpaired) electrons. The average Bonchev–Trinajstić information content (AvgIpc) is 2.24. The minimum absolute atomic E-state index is 0.0712. The molecule has 1 atom stereocenters. The van der Waals surface area contributed by atoms with Gasteiger partial charge in [-0.2, -0.15) is 0 Å². The van der Waals surface area contributed by atoms with Crippen molar-refractivity contribution < 1.29 is 9.59 Å². The summed E-state index contributed by atoms with van der Waals surface area (Å²) in [6, 6.07) is 0.157. The average molecular weight is 238 g/mol. The van der Waals surface area contributed by atoms with Crippen molar-refractivity contribution in [3.8, 4) is 0 Å². The van der Waals surface area contributed by atoms with Gasteiger partial charge in [0.15, 0.2) is 0 Å². The van der Waals surface area contributed by atoms with Gasteiger partial charge in [-0.1, -0.05) is 39.0 Å². The molecule has 4 nitrogen and oxygen atoms in total. The number of nitrogens with zero attached hydrogens (tertiary/aromatic N) is 1. The van der Waals surface area contributed by atoms with Crippen LogP contribution in [0, 0.1) is 5.92 Å². The second-order valence-electron chi connectivity index (χ2n) is 5.35. The molecule has 1 unspecified atom stereocenters. The maximum atomic E-state index is 11.8. The minimum atomic E-state index is -0.182. The van der Waals surface area contributed by atoms with E-state index in [1.54, 1.807) is 0 Å². The number of imide groups is 1. The first kappa shape index (κ1) is 12.4. The molecule has 4 heteroatoms. The SMILES string of the molecule is CC1CN(C2CCCCCCC2)C(=O)NC1=O. The molecule has 2 rings (SSSR count). The van der Waals surface area contributed by atoms with E-state index in [-0.39, 0.29) is 17.9 Å². The number of nitrogens with one attached hydrogen (secondary N) is 1. The van der Waals surface area contributed by atoms with Crippen LogP contribution in [0.4, 0.5) is 4.79 Å². The highest BCUT2D eigenvalue weighted by Crippen LogP contribution is 2.23.